The van der Waals surface area contributed by atoms with Crippen LogP contribution in [0.25, 0.3) is 0 Å². The van der Waals surface area contributed by atoms with E-state index in [1.54, 1.807) is 14.1 Å². The number of nitrogens with two attached hydrogens (primary N) is 6. The van der Waals surface area contributed by atoms with Gasteiger partial charge in [-0.2, -0.15) is 0 Å². The van der Waals surface area contributed by atoms with Crippen LogP contribution in [0.5, 0.6) is 0 Å². The van der Waals surface area contributed by atoms with Gasteiger partial charge in [-0.15, -0.1) is 0 Å². The molecule has 0 aliphatic heterocycles. The predicted octanol–water partition coefficient (Wildman–Crippen LogP) is -7.35. The molecule has 0 saturated carbocycles. The van der Waals surface area contributed by atoms with Crippen molar-refractivity contribution in [2.24, 2.45) is 35.1 Å². The van der Waals surface area contributed by atoms with Crippen molar-refractivity contribution in [2.45, 2.75) is 0 Å². The standard InChI is InChI=1S/B10.3H4N2/c1-3-5-7-9-10-8-6-4-2;3*1-2/h;3*1-2H2. The fourth-order valence-electron chi connectivity index (χ4n) is 0.385. The lowest BCUT2D eigenvalue weighted by Crippen LogP contribution is -2.30. The molecule has 16 heavy (non-hydrogen) atoms. The molecule has 72 valence electrons. The van der Waals surface area contributed by atoms with Crippen LogP contribution >= 0.6 is 0 Å². The van der Waals surface area contributed by atoms with Gasteiger partial charge >= 0.3 is 0 Å². The molecule has 0 fully saturated rings. The van der Waals surface area contributed by atoms with Crippen LogP contribution in [0, 0.1) is 0 Å². The van der Waals surface area contributed by atoms with Gasteiger partial charge in [-0.3, -0.25) is 35.1 Å². The molecule has 0 bridgehead atoms. The predicted molar refractivity (Wildman–Crippen MR) is 82.7 cm³/mol. The number of hydrogen-bond donors (Lipinski definition) is 6. The molecular formula is H12B10N6. The zero-order valence-corrected chi connectivity index (χ0v) is 9.24. The van der Waals surface area contributed by atoms with Gasteiger partial charge in [-0.1, -0.05) is 0 Å². The monoisotopic (exact) mass is 206 g/mol. The van der Waals surface area contributed by atoms with Crippen molar-refractivity contribution in [1.29, 1.82) is 0 Å². The Bertz CT molecular complexity index is 55.3. The van der Waals surface area contributed by atoms with E-state index in [9.17, 15) is 0 Å². The Labute approximate surface area is 107 Å². The first kappa shape index (κ1) is 25.3. The van der Waals surface area contributed by atoms with Gasteiger partial charge in [-0.25, -0.2) is 0 Å². The van der Waals surface area contributed by atoms with Crippen LogP contribution in [0.4, 0.5) is 0 Å². The Morgan fingerprint density at radius 2 is 0.625 bits per heavy atom. The third-order valence-corrected chi connectivity index (χ3v) is 0.778. The van der Waals surface area contributed by atoms with E-state index in [4.69, 9.17) is 15.5 Å². The highest BCUT2D eigenvalue weighted by molar-refractivity contribution is 7.68. The molecule has 0 aromatic carbocycles. The van der Waals surface area contributed by atoms with Crippen molar-refractivity contribution < 1.29 is 0 Å². The molecule has 0 spiro atoms. The molecule has 0 aromatic heterocycles. The zero-order chi connectivity index (χ0) is 13.7. The molecule has 0 heterocycles. The molecule has 0 rings (SSSR count). The number of hydrogen-bond acceptors (Lipinski definition) is 6. The average Bonchev–Trinajstić information content (AvgIpc) is 2.41. The van der Waals surface area contributed by atoms with E-state index in [1.807, 2.05) is 28.2 Å². The van der Waals surface area contributed by atoms with Crippen molar-refractivity contribution in [3.63, 3.8) is 0 Å². The fourth-order valence-corrected chi connectivity index (χ4v) is 0.385. The van der Waals surface area contributed by atoms with Crippen LogP contribution in [0.2, 0.25) is 0 Å². The van der Waals surface area contributed by atoms with Gasteiger partial charge < -0.3 is 0 Å². The molecule has 0 saturated heterocycles. The van der Waals surface area contributed by atoms with Gasteiger partial charge in [0.25, 0.3) is 0 Å². The van der Waals surface area contributed by atoms with E-state index in [0.717, 1.165) is 0 Å². The summed E-state index contributed by atoms with van der Waals surface area (Å²) in [6, 6.07) is 0. The molecule has 0 atom stereocenters. The summed E-state index contributed by atoms with van der Waals surface area (Å²) in [5.74, 6) is 24.0. The minimum Gasteiger partial charge on any atom is -0.274 e. The summed E-state index contributed by atoms with van der Waals surface area (Å²) in [5, 5.41) is 0. The van der Waals surface area contributed by atoms with Gasteiger partial charge in [0.1, 0.15) is 0 Å². The summed E-state index contributed by atoms with van der Waals surface area (Å²) in [6.07, 6.45) is 0. The van der Waals surface area contributed by atoms with E-state index < -0.39 is 0 Å². The quantitative estimate of drug-likeness (QED) is 0.105. The molecule has 16 heteroatoms. The minimum atomic E-state index is 1.48. The van der Waals surface area contributed by atoms with Crippen molar-refractivity contribution in [2.75, 3.05) is 0 Å². The molecular weight excluding hydrogens is 192 g/mol. The van der Waals surface area contributed by atoms with Gasteiger partial charge in [0.15, 0.2) is 0 Å². The number of rotatable bonds is 7. The lowest BCUT2D eigenvalue weighted by Gasteiger charge is -1.92. The first-order valence-electron chi connectivity index (χ1n) is 4.00. The largest absolute Gasteiger partial charge is 0.274 e. The third-order valence-electron chi connectivity index (χ3n) is 0.778. The SMILES string of the molecule is NN.NN.NN.[B][B][B][B][B][B][B][B][B][B]. The summed E-state index contributed by atoms with van der Waals surface area (Å²) in [4.78, 5) is 0. The van der Waals surface area contributed by atoms with Crippen LogP contribution in [0.15, 0.2) is 0 Å². The highest BCUT2D eigenvalue weighted by Gasteiger charge is 1.92. The van der Waals surface area contributed by atoms with Crippen LogP contribution in [-0.2, 0) is 0 Å². The zero-order valence-electron chi connectivity index (χ0n) is 9.24. The molecule has 0 unspecified atom stereocenters. The molecule has 0 amide bonds. The summed E-state index contributed by atoms with van der Waals surface area (Å²) in [7, 11) is 24.0. The Hall–Kier alpha value is 0.409. The molecule has 0 aliphatic rings. The maximum atomic E-state index is 5.08. The highest BCUT2D eigenvalue weighted by Crippen LogP contribution is 1.54. The van der Waals surface area contributed by atoms with Crippen molar-refractivity contribution in [3.05, 3.63) is 0 Å². The van der Waals surface area contributed by atoms with Crippen molar-refractivity contribution in [1.82, 2.24) is 0 Å². The summed E-state index contributed by atoms with van der Waals surface area (Å²) in [5.41, 5.74) is 0. The Balaban J connectivity index is -0.000000103. The van der Waals surface area contributed by atoms with Gasteiger partial charge in [0, 0.05) is 72.0 Å². The second-order valence-electron chi connectivity index (χ2n) is 1.54. The van der Waals surface area contributed by atoms with Crippen LogP contribution in [0.1, 0.15) is 0 Å². The Morgan fingerprint density at radius 1 is 0.438 bits per heavy atom. The van der Waals surface area contributed by atoms with Crippen molar-refractivity contribution in [3.8, 4) is 0 Å². The lowest BCUT2D eigenvalue weighted by atomic mass is 8.89. The normalized spacial score (nSPS) is 5.38. The van der Waals surface area contributed by atoms with Gasteiger partial charge in [0.2, 0.25) is 0 Å². The molecule has 12 radical (unpaired) electrons. The number of hydrazine groups is 3. The summed E-state index contributed by atoms with van der Waals surface area (Å²) < 4.78 is 0. The molecule has 6 nitrogen and oxygen atoms in total. The fraction of sp³-hybridized carbons (Fsp3) is 0. The smallest absolute Gasteiger partial charge is 0 e. The second-order valence-corrected chi connectivity index (χ2v) is 1.54. The maximum Gasteiger partial charge on any atom is 0 e. The van der Waals surface area contributed by atoms with Crippen LogP contribution in [-0.4, -0.2) is 72.0 Å². The van der Waals surface area contributed by atoms with E-state index in [2.05, 4.69) is 35.1 Å². The van der Waals surface area contributed by atoms with E-state index in [-0.39, 0.29) is 0 Å². The minimum absolute atomic E-state index is 1.48. The van der Waals surface area contributed by atoms with Gasteiger partial charge in [-0.05, 0) is 0 Å². The Morgan fingerprint density at radius 3 is 0.812 bits per heavy atom. The molecule has 12 N–H and O–H groups in total. The third kappa shape index (κ3) is 47.2. The highest BCUT2D eigenvalue weighted by atomic mass is 15.0. The topological polar surface area (TPSA) is 156 Å². The van der Waals surface area contributed by atoms with E-state index >= 15 is 0 Å². The van der Waals surface area contributed by atoms with E-state index in [1.165, 1.54) is 14.1 Å². The van der Waals surface area contributed by atoms with Crippen LogP contribution in [0.3, 0.4) is 0 Å². The second kappa shape index (κ2) is 45.2. The summed E-state index contributed by atoms with van der Waals surface area (Å²) >= 11 is 0. The first-order chi connectivity index (χ1) is 7.91. The maximum absolute atomic E-state index is 5.08. The summed E-state index contributed by atoms with van der Waals surface area (Å²) in [6.45, 7) is 0. The lowest BCUT2D eigenvalue weighted by molar-refractivity contribution is 1.26. The first-order valence-corrected chi connectivity index (χ1v) is 4.00. The van der Waals surface area contributed by atoms with E-state index in [0.29, 0.717) is 0 Å². The van der Waals surface area contributed by atoms with Crippen LogP contribution < -0.4 is 35.1 Å². The Kier molecular flexibility index (Phi) is 71.5. The van der Waals surface area contributed by atoms with Gasteiger partial charge in [0.05, 0.1) is 0 Å². The molecule has 0 aromatic rings. The van der Waals surface area contributed by atoms with Crippen molar-refractivity contribution >= 4 is 72.0 Å². The molecule has 0 aliphatic carbocycles. The average molecular weight is 204 g/mol.